The minimum Gasteiger partial charge on any atom is -0.496 e. The van der Waals surface area contributed by atoms with Gasteiger partial charge in [-0.3, -0.25) is 4.98 Å². The normalized spacial score (nSPS) is 10.5. The Morgan fingerprint density at radius 3 is 1.79 bits per heavy atom. The first-order valence-electron chi connectivity index (χ1n) is 7.88. The molecule has 3 aromatic rings. The van der Waals surface area contributed by atoms with Crippen molar-refractivity contribution in [3.63, 3.8) is 0 Å². The van der Waals surface area contributed by atoms with Gasteiger partial charge in [0.2, 0.25) is 0 Å². The number of benzene rings is 2. The summed E-state index contributed by atoms with van der Waals surface area (Å²) in [5, 5.41) is 0. The fourth-order valence-corrected chi connectivity index (χ4v) is 2.86. The second-order valence-electron chi connectivity index (χ2n) is 5.80. The fraction of sp³-hybridized carbons (Fsp3) is 0.190. The molecule has 0 amide bonds. The summed E-state index contributed by atoms with van der Waals surface area (Å²) < 4.78 is 10.7. The number of hydrogen-bond donors (Lipinski definition) is 0. The Hall–Kier alpha value is -2.81. The molecule has 0 fully saturated rings. The fourth-order valence-electron chi connectivity index (χ4n) is 2.86. The number of hydrogen-bond acceptors (Lipinski definition) is 3. The average molecular weight is 319 g/mol. The average Bonchev–Trinajstić information content (AvgIpc) is 2.61. The number of aromatic nitrogens is 1. The van der Waals surface area contributed by atoms with Crippen LogP contribution in [-0.4, -0.2) is 19.2 Å². The molecule has 122 valence electrons. The molecule has 3 rings (SSSR count). The predicted molar refractivity (Wildman–Crippen MR) is 97.7 cm³/mol. The van der Waals surface area contributed by atoms with E-state index in [1.165, 1.54) is 0 Å². The molecule has 0 saturated heterocycles. The molecule has 0 spiro atoms. The Morgan fingerprint density at radius 2 is 1.21 bits per heavy atom. The number of rotatable bonds is 4. The third-order valence-corrected chi connectivity index (χ3v) is 4.18. The minimum absolute atomic E-state index is 0.890. The second kappa shape index (κ2) is 6.75. The van der Waals surface area contributed by atoms with Crippen LogP contribution in [0.5, 0.6) is 11.5 Å². The third-order valence-electron chi connectivity index (χ3n) is 4.18. The van der Waals surface area contributed by atoms with Gasteiger partial charge in [0.1, 0.15) is 11.5 Å². The lowest BCUT2D eigenvalue weighted by Crippen LogP contribution is -1.91. The molecule has 0 N–H and O–H groups in total. The lowest BCUT2D eigenvalue weighted by Gasteiger charge is -2.10. The van der Waals surface area contributed by atoms with Crippen molar-refractivity contribution in [1.29, 1.82) is 0 Å². The van der Waals surface area contributed by atoms with Crippen molar-refractivity contribution in [2.75, 3.05) is 14.2 Å². The van der Waals surface area contributed by atoms with Gasteiger partial charge in [-0.05, 0) is 78.6 Å². The molecule has 2 aromatic carbocycles. The van der Waals surface area contributed by atoms with E-state index in [0.29, 0.717) is 0 Å². The van der Waals surface area contributed by atoms with Crippen molar-refractivity contribution in [2.24, 2.45) is 0 Å². The van der Waals surface area contributed by atoms with Crippen LogP contribution in [0.25, 0.3) is 22.4 Å². The van der Waals surface area contributed by atoms with E-state index in [-0.39, 0.29) is 0 Å². The van der Waals surface area contributed by atoms with Crippen LogP contribution in [0, 0.1) is 13.8 Å². The van der Waals surface area contributed by atoms with Crippen LogP contribution >= 0.6 is 0 Å². The summed E-state index contributed by atoms with van der Waals surface area (Å²) in [6.45, 7) is 4.09. The number of aryl methyl sites for hydroxylation is 2. The molecular weight excluding hydrogens is 298 g/mol. The van der Waals surface area contributed by atoms with E-state index in [1.807, 2.05) is 37.4 Å². The van der Waals surface area contributed by atoms with Crippen molar-refractivity contribution < 1.29 is 9.47 Å². The number of pyridine rings is 1. The van der Waals surface area contributed by atoms with Gasteiger partial charge in [0.15, 0.2) is 0 Å². The molecule has 0 radical (unpaired) electrons. The molecule has 0 unspecified atom stereocenters. The molecule has 0 saturated carbocycles. The summed E-state index contributed by atoms with van der Waals surface area (Å²) in [5.41, 5.74) is 6.55. The van der Waals surface area contributed by atoms with Gasteiger partial charge < -0.3 is 9.47 Å². The summed E-state index contributed by atoms with van der Waals surface area (Å²) in [5.74, 6) is 1.79. The molecular formula is C21H21NO2. The quantitative estimate of drug-likeness (QED) is 0.674. The Balaban J connectivity index is 2.00. The molecule has 0 atom stereocenters. The van der Waals surface area contributed by atoms with Gasteiger partial charge in [0.25, 0.3) is 0 Å². The van der Waals surface area contributed by atoms with E-state index in [4.69, 9.17) is 9.47 Å². The Kier molecular flexibility index (Phi) is 4.52. The van der Waals surface area contributed by atoms with E-state index in [0.717, 1.165) is 45.0 Å². The first kappa shape index (κ1) is 16.1. The zero-order chi connectivity index (χ0) is 17.1. The minimum atomic E-state index is 0.890. The van der Waals surface area contributed by atoms with Gasteiger partial charge in [-0.25, -0.2) is 0 Å². The number of methoxy groups -OCH3 is 2. The van der Waals surface area contributed by atoms with E-state index < -0.39 is 0 Å². The van der Waals surface area contributed by atoms with E-state index in [1.54, 1.807) is 14.2 Å². The smallest absolute Gasteiger partial charge is 0.121 e. The molecule has 0 aliphatic rings. The highest BCUT2D eigenvalue weighted by atomic mass is 16.5. The maximum atomic E-state index is 5.34. The molecule has 0 bridgehead atoms. The van der Waals surface area contributed by atoms with Crippen LogP contribution in [-0.2, 0) is 0 Å². The highest BCUT2D eigenvalue weighted by Gasteiger charge is 2.07. The number of nitrogens with zero attached hydrogens (tertiary/aromatic N) is 1. The maximum absolute atomic E-state index is 5.34. The van der Waals surface area contributed by atoms with Crippen molar-refractivity contribution >= 4 is 0 Å². The molecule has 3 nitrogen and oxygen atoms in total. The van der Waals surface area contributed by atoms with Crippen molar-refractivity contribution in [2.45, 2.75) is 13.8 Å². The Labute approximate surface area is 142 Å². The zero-order valence-corrected chi connectivity index (χ0v) is 14.5. The maximum Gasteiger partial charge on any atom is 0.121 e. The van der Waals surface area contributed by atoms with Gasteiger partial charge >= 0.3 is 0 Å². The molecule has 24 heavy (non-hydrogen) atoms. The largest absolute Gasteiger partial charge is 0.496 e. The lowest BCUT2D eigenvalue weighted by molar-refractivity contribution is 0.411. The Morgan fingerprint density at radius 1 is 0.667 bits per heavy atom. The van der Waals surface area contributed by atoms with Gasteiger partial charge in [-0.2, -0.15) is 0 Å². The summed E-state index contributed by atoms with van der Waals surface area (Å²) >= 11 is 0. The van der Waals surface area contributed by atoms with Crippen molar-refractivity contribution in [3.05, 3.63) is 65.9 Å². The van der Waals surface area contributed by atoms with E-state index >= 15 is 0 Å². The van der Waals surface area contributed by atoms with Crippen molar-refractivity contribution in [3.8, 4) is 33.9 Å². The topological polar surface area (TPSA) is 31.4 Å². The summed E-state index contributed by atoms with van der Waals surface area (Å²) in [6, 6.07) is 16.5. The van der Waals surface area contributed by atoms with Crippen LogP contribution in [0.3, 0.4) is 0 Å². The first-order valence-corrected chi connectivity index (χ1v) is 7.88. The van der Waals surface area contributed by atoms with Gasteiger partial charge in [-0.15, -0.1) is 0 Å². The first-order chi connectivity index (χ1) is 11.6. The van der Waals surface area contributed by atoms with E-state index in [9.17, 15) is 0 Å². The van der Waals surface area contributed by atoms with Gasteiger partial charge in [0.05, 0.1) is 19.9 Å². The predicted octanol–water partition coefficient (Wildman–Crippen LogP) is 5.05. The summed E-state index contributed by atoms with van der Waals surface area (Å²) in [4.78, 5) is 4.52. The highest BCUT2D eigenvalue weighted by Crippen LogP contribution is 2.30. The molecule has 3 heteroatoms. The summed E-state index contributed by atoms with van der Waals surface area (Å²) in [7, 11) is 3.38. The van der Waals surface area contributed by atoms with Crippen LogP contribution in [0.2, 0.25) is 0 Å². The second-order valence-corrected chi connectivity index (χ2v) is 5.80. The SMILES string of the molecule is COc1ccc(-c2ccnc(-c3ccc(OC)c(C)c3)c2)cc1C. The van der Waals surface area contributed by atoms with Crippen LogP contribution in [0.15, 0.2) is 54.7 Å². The molecule has 1 aromatic heterocycles. The lowest BCUT2D eigenvalue weighted by atomic mass is 10.0. The highest BCUT2D eigenvalue weighted by molar-refractivity contribution is 5.72. The molecule has 1 heterocycles. The molecule has 0 aliphatic carbocycles. The van der Waals surface area contributed by atoms with Crippen LogP contribution in [0.1, 0.15) is 11.1 Å². The number of ether oxygens (including phenoxy) is 2. The van der Waals surface area contributed by atoms with Crippen LogP contribution < -0.4 is 9.47 Å². The summed E-state index contributed by atoms with van der Waals surface area (Å²) in [6.07, 6.45) is 1.85. The standard InChI is InChI=1S/C21H21NO2/c1-14-11-16(5-7-20(14)23-3)17-9-10-22-19(13-17)18-6-8-21(24-4)15(2)12-18/h5-13H,1-4H3. The van der Waals surface area contributed by atoms with Crippen LogP contribution in [0.4, 0.5) is 0 Å². The van der Waals surface area contributed by atoms with Crippen molar-refractivity contribution in [1.82, 2.24) is 4.98 Å². The van der Waals surface area contributed by atoms with Gasteiger partial charge in [-0.1, -0.05) is 6.07 Å². The monoisotopic (exact) mass is 319 g/mol. The third kappa shape index (κ3) is 3.11. The molecule has 0 aliphatic heterocycles. The van der Waals surface area contributed by atoms with Gasteiger partial charge in [0, 0.05) is 11.8 Å². The zero-order valence-electron chi connectivity index (χ0n) is 14.5. The van der Waals surface area contributed by atoms with E-state index in [2.05, 4.69) is 36.2 Å². The Bertz CT molecular complexity index is 803.